The maximum atomic E-state index is 12.0. The zero-order valence-electron chi connectivity index (χ0n) is 13.1. The second-order valence-electron chi connectivity index (χ2n) is 5.35. The van der Waals surface area contributed by atoms with Crippen LogP contribution in [0.5, 0.6) is 0 Å². The summed E-state index contributed by atoms with van der Waals surface area (Å²) in [5.74, 6) is -0.362. The third kappa shape index (κ3) is 5.43. The van der Waals surface area contributed by atoms with E-state index in [2.05, 4.69) is 10.6 Å². The molecule has 0 aliphatic carbocycles. The van der Waals surface area contributed by atoms with Crippen molar-refractivity contribution in [1.82, 2.24) is 10.2 Å². The lowest BCUT2D eigenvalue weighted by Gasteiger charge is -2.20. The van der Waals surface area contributed by atoms with Crippen molar-refractivity contribution >= 4 is 23.2 Å². The molecule has 0 aliphatic heterocycles. The molecule has 21 heavy (non-hydrogen) atoms. The van der Waals surface area contributed by atoms with E-state index in [-0.39, 0.29) is 24.3 Å². The van der Waals surface area contributed by atoms with Gasteiger partial charge in [-0.2, -0.15) is 0 Å². The Morgan fingerprint density at radius 3 is 2.62 bits per heavy atom. The van der Waals surface area contributed by atoms with Crippen molar-refractivity contribution in [3.63, 3.8) is 0 Å². The number of hydrogen-bond donors (Lipinski definition) is 3. The Kier molecular flexibility index (Phi) is 6.17. The van der Waals surface area contributed by atoms with E-state index < -0.39 is 0 Å². The first-order valence-electron chi connectivity index (χ1n) is 6.89. The number of carbonyl (C=O) groups is 2. The molecule has 0 saturated heterocycles. The van der Waals surface area contributed by atoms with Crippen LogP contribution in [0.25, 0.3) is 0 Å². The van der Waals surface area contributed by atoms with Crippen LogP contribution in [-0.2, 0) is 9.59 Å². The van der Waals surface area contributed by atoms with E-state index in [1.54, 1.807) is 25.1 Å². The molecule has 6 heteroatoms. The number of amides is 2. The molecule has 0 saturated carbocycles. The van der Waals surface area contributed by atoms with Crippen LogP contribution >= 0.6 is 0 Å². The molecule has 2 amide bonds. The van der Waals surface area contributed by atoms with E-state index in [1.807, 2.05) is 26.0 Å². The molecule has 116 valence electrons. The van der Waals surface area contributed by atoms with Gasteiger partial charge in [0.25, 0.3) is 0 Å². The lowest BCUT2D eigenvalue weighted by Crippen LogP contribution is -2.38. The maximum Gasteiger partial charge on any atom is 0.238 e. The van der Waals surface area contributed by atoms with Gasteiger partial charge in [0.05, 0.1) is 17.9 Å². The van der Waals surface area contributed by atoms with Gasteiger partial charge in [0.1, 0.15) is 0 Å². The lowest BCUT2D eigenvalue weighted by atomic mass is 10.1. The monoisotopic (exact) mass is 292 g/mol. The highest BCUT2D eigenvalue weighted by Gasteiger charge is 2.15. The molecule has 6 nitrogen and oxygen atoms in total. The zero-order chi connectivity index (χ0) is 16.0. The normalized spacial score (nSPS) is 12.0. The molecule has 1 atom stereocenters. The summed E-state index contributed by atoms with van der Waals surface area (Å²) < 4.78 is 0. The molecule has 1 unspecified atom stereocenters. The second-order valence-corrected chi connectivity index (χ2v) is 5.35. The number of nitrogens with zero attached hydrogens (tertiary/aromatic N) is 1. The number of anilines is 2. The van der Waals surface area contributed by atoms with Gasteiger partial charge in [-0.3, -0.25) is 14.5 Å². The van der Waals surface area contributed by atoms with E-state index in [0.29, 0.717) is 17.9 Å². The van der Waals surface area contributed by atoms with Crippen molar-refractivity contribution in [2.45, 2.75) is 13.8 Å². The van der Waals surface area contributed by atoms with Crippen LogP contribution in [0.2, 0.25) is 0 Å². The molecule has 0 aromatic heterocycles. The number of nitrogen functional groups attached to an aromatic ring is 1. The fraction of sp³-hybridized carbons (Fsp3) is 0.467. The van der Waals surface area contributed by atoms with Gasteiger partial charge in [-0.05, 0) is 31.7 Å². The Hall–Kier alpha value is -2.08. The Balaban J connectivity index is 2.51. The van der Waals surface area contributed by atoms with Crippen molar-refractivity contribution in [2.75, 3.05) is 38.2 Å². The fourth-order valence-corrected chi connectivity index (χ4v) is 2.09. The predicted octanol–water partition coefficient (Wildman–Crippen LogP) is 0.830. The first-order valence-corrected chi connectivity index (χ1v) is 6.89. The minimum Gasteiger partial charge on any atom is -0.397 e. The van der Waals surface area contributed by atoms with Crippen LogP contribution in [-0.4, -0.2) is 43.9 Å². The van der Waals surface area contributed by atoms with Crippen LogP contribution in [0.3, 0.4) is 0 Å². The molecule has 0 bridgehead atoms. The smallest absolute Gasteiger partial charge is 0.238 e. The van der Waals surface area contributed by atoms with Crippen LogP contribution in [0.4, 0.5) is 11.4 Å². The van der Waals surface area contributed by atoms with E-state index in [4.69, 9.17) is 5.73 Å². The molecule has 0 fully saturated rings. The van der Waals surface area contributed by atoms with Crippen LogP contribution in [0, 0.1) is 12.8 Å². The maximum absolute atomic E-state index is 12.0. The molecule has 0 spiro atoms. The molecule has 0 aliphatic rings. The van der Waals surface area contributed by atoms with Gasteiger partial charge < -0.3 is 16.4 Å². The molecule has 1 aromatic rings. The van der Waals surface area contributed by atoms with E-state index in [9.17, 15) is 9.59 Å². The summed E-state index contributed by atoms with van der Waals surface area (Å²) in [6, 6.07) is 5.49. The lowest BCUT2D eigenvalue weighted by molar-refractivity contribution is -0.125. The Bertz CT molecular complexity index is 516. The highest BCUT2D eigenvalue weighted by atomic mass is 16.2. The standard InChI is InChI=1S/C15H24N4O2/c1-10-5-6-13(12(16)7-10)18-14(20)9-19(4)8-11(2)15(21)17-3/h5-7,11H,8-9,16H2,1-4H3,(H,17,21)(H,18,20). The highest BCUT2D eigenvalue weighted by Crippen LogP contribution is 2.19. The zero-order valence-corrected chi connectivity index (χ0v) is 13.1. The molecule has 4 N–H and O–H groups in total. The average Bonchev–Trinajstić information content (AvgIpc) is 2.40. The minimum absolute atomic E-state index is 0.0370. The third-order valence-corrected chi connectivity index (χ3v) is 3.17. The number of benzene rings is 1. The summed E-state index contributed by atoms with van der Waals surface area (Å²) in [6.07, 6.45) is 0. The summed E-state index contributed by atoms with van der Waals surface area (Å²) in [5, 5.41) is 5.37. The van der Waals surface area contributed by atoms with Crippen molar-refractivity contribution in [3.8, 4) is 0 Å². The van der Waals surface area contributed by atoms with Crippen molar-refractivity contribution in [1.29, 1.82) is 0 Å². The highest BCUT2D eigenvalue weighted by molar-refractivity contribution is 5.95. The van der Waals surface area contributed by atoms with E-state index in [1.165, 1.54) is 0 Å². The Morgan fingerprint density at radius 2 is 2.05 bits per heavy atom. The Labute approximate surface area is 125 Å². The summed E-state index contributed by atoms with van der Waals surface area (Å²) in [6.45, 7) is 4.48. The van der Waals surface area contributed by atoms with Gasteiger partial charge >= 0.3 is 0 Å². The molecule has 0 radical (unpaired) electrons. The number of rotatable bonds is 6. The largest absolute Gasteiger partial charge is 0.397 e. The van der Waals surface area contributed by atoms with Crippen molar-refractivity contribution in [3.05, 3.63) is 23.8 Å². The summed E-state index contributed by atoms with van der Waals surface area (Å²) in [7, 11) is 3.41. The first kappa shape index (κ1) is 17.0. The first-order chi connectivity index (χ1) is 9.83. The molecule has 1 rings (SSSR count). The second kappa shape index (κ2) is 7.64. The SMILES string of the molecule is CNC(=O)C(C)CN(C)CC(=O)Nc1ccc(C)cc1N. The molecular weight excluding hydrogens is 268 g/mol. The number of hydrogen-bond acceptors (Lipinski definition) is 4. The van der Waals surface area contributed by atoms with Gasteiger partial charge in [0.15, 0.2) is 0 Å². The third-order valence-electron chi connectivity index (χ3n) is 3.17. The van der Waals surface area contributed by atoms with Gasteiger partial charge in [-0.1, -0.05) is 13.0 Å². The quantitative estimate of drug-likeness (QED) is 0.678. The van der Waals surface area contributed by atoms with E-state index >= 15 is 0 Å². The van der Waals surface area contributed by atoms with E-state index in [0.717, 1.165) is 5.56 Å². The average molecular weight is 292 g/mol. The minimum atomic E-state index is -0.169. The van der Waals surface area contributed by atoms with Crippen LogP contribution in [0.1, 0.15) is 12.5 Å². The van der Waals surface area contributed by atoms with Gasteiger partial charge in [-0.15, -0.1) is 0 Å². The topological polar surface area (TPSA) is 87.5 Å². The summed E-state index contributed by atoms with van der Waals surface area (Å²) in [5.41, 5.74) is 8.06. The number of carbonyl (C=O) groups excluding carboxylic acids is 2. The van der Waals surface area contributed by atoms with Gasteiger partial charge in [0.2, 0.25) is 11.8 Å². The van der Waals surface area contributed by atoms with Gasteiger partial charge in [-0.25, -0.2) is 0 Å². The van der Waals surface area contributed by atoms with Crippen molar-refractivity contribution < 1.29 is 9.59 Å². The predicted molar refractivity (Wildman–Crippen MR) is 84.9 cm³/mol. The Morgan fingerprint density at radius 1 is 1.38 bits per heavy atom. The number of nitrogens with two attached hydrogens (primary N) is 1. The van der Waals surface area contributed by atoms with Crippen molar-refractivity contribution in [2.24, 2.45) is 5.92 Å². The van der Waals surface area contributed by atoms with Gasteiger partial charge in [0, 0.05) is 19.5 Å². The fourth-order valence-electron chi connectivity index (χ4n) is 2.09. The summed E-state index contributed by atoms with van der Waals surface area (Å²) >= 11 is 0. The molecule has 0 heterocycles. The molecule has 1 aromatic carbocycles. The van der Waals surface area contributed by atoms with Crippen LogP contribution < -0.4 is 16.4 Å². The number of likely N-dealkylation sites (N-methyl/N-ethyl adjacent to an activating group) is 1. The molecular formula is C15H24N4O2. The summed E-state index contributed by atoms with van der Waals surface area (Å²) in [4.78, 5) is 25.2. The number of aryl methyl sites for hydroxylation is 1. The van der Waals surface area contributed by atoms with Crippen LogP contribution in [0.15, 0.2) is 18.2 Å². The number of nitrogens with one attached hydrogen (secondary N) is 2.